The first-order valence-corrected chi connectivity index (χ1v) is 22.7. The maximum Gasteiger partial charge on any atom is 0.261 e. The summed E-state index contributed by atoms with van der Waals surface area (Å²) < 4.78 is 25.2. The fourth-order valence-electron chi connectivity index (χ4n) is 8.07. The van der Waals surface area contributed by atoms with Crippen LogP contribution >= 0.6 is 0 Å². The van der Waals surface area contributed by atoms with Crippen LogP contribution in [0, 0.1) is 11.8 Å². The Morgan fingerprint density at radius 3 is 0.942 bits per heavy atom. The predicted octanol–water partition coefficient (Wildman–Crippen LogP) is 6.61. The van der Waals surface area contributed by atoms with E-state index in [9.17, 15) is 10.2 Å². The van der Waals surface area contributed by atoms with Crippen LogP contribution in [0.25, 0.3) is 0 Å². The van der Waals surface area contributed by atoms with Crippen molar-refractivity contribution in [2.45, 2.75) is 103 Å². The highest BCUT2D eigenvalue weighted by atomic mass is 28.4. The number of rotatable bonds is 10. The summed E-state index contributed by atoms with van der Waals surface area (Å²) in [5.74, 6) is 0.589. The molecule has 4 aromatic carbocycles. The van der Waals surface area contributed by atoms with Gasteiger partial charge in [0.1, 0.15) is 0 Å². The van der Waals surface area contributed by atoms with Gasteiger partial charge in [0.05, 0.1) is 25.4 Å². The van der Waals surface area contributed by atoms with Crippen LogP contribution in [0.3, 0.4) is 0 Å². The molecular formula is C44H60O6Si2. The topological polar surface area (TPSA) is 77.4 Å². The molecule has 52 heavy (non-hydrogen) atoms. The molecule has 0 radical (unpaired) electrons. The van der Waals surface area contributed by atoms with E-state index < -0.39 is 29.2 Å². The minimum atomic E-state index is -2.53. The second kappa shape index (κ2) is 17.0. The first kappa shape index (κ1) is 40.3. The third kappa shape index (κ3) is 8.72. The lowest BCUT2D eigenvalue weighted by Crippen LogP contribution is -2.67. The Balaban J connectivity index is 0.000000201. The van der Waals surface area contributed by atoms with Crippen LogP contribution in [-0.4, -0.2) is 64.8 Å². The standard InChI is InChI=1S/2C22H30O3Si/c2*1-17-15-21(23)25-20(17)16-24-26(22(2,3)4,18-11-7-5-8-12-18)19-13-9-6-10-14-19/h2*5-14,17,20-21,23H,15-16H2,1-4H3/t17-,20+,21+;17-,20+,21-/m00/s1. The smallest absolute Gasteiger partial charge is 0.261 e. The third-order valence-electron chi connectivity index (χ3n) is 10.8. The molecule has 0 aliphatic carbocycles. The second-order valence-corrected chi connectivity index (χ2v) is 25.2. The maximum absolute atomic E-state index is 9.83. The minimum Gasteiger partial charge on any atom is -0.405 e. The van der Waals surface area contributed by atoms with Crippen molar-refractivity contribution in [2.24, 2.45) is 11.8 Å². The lowest BCUT2D eigenvalue weighted by Gasteiger charge is -2.43. The van der Waals surface area contributed by atoms with E-state index in [0.29, 0.717) is 37.9 Å². The number of hydrogen-bond acceptors (Lipinski definition) is 6. The van der Waals surface area contributed by atoms with Crippen molar-refractivity contribution in [1.82, 2.24) is 0 Å². The molecular weight excluding hydrogens is 681 g/mol. The van der Waals surface area contributed by atoms with Gasteiger partial charge in [0.2, 0.25) is 0 Å². The Morgan fingerprint density at radius 2 is 0.750 bits per heavy atom. The molecule has 0 spiro atoms. The lowest BCUT2D eigenvalue weighted by atomic mass is 10.1. The van der Waals surface area contributed by atoms with E-state index in [1.54, 1.807) is 0 Å². The van der Waals surface area contributed by atoms with Crippen molar-refractivity contribution in [3.05, 3.63) is 121 Å². The van der Waals surface area contributed by atoms with Gasteiger partial charge in [0, 0.05) is 12.8 Å². The van der Waals surface area contributed by atoms with Gasteiger partial charge < -0.3 is 28.5 Å². The lowest BCUT2D eigenvalue weighted by molar-refractivity contribution is -0.102. The summed E-state index contributed by atoms with van der Waals surface area (Å²) in [6.45, 7) is 18.9. The SMILES string of the molecule is C[C@H]1C[C@@H](O)O[C@@H]1CO[Si](c1ccccc1)(c1ccccc1)C(C)(C)C.C[C@H]1C[C@H](O)O[C@@H]1CO[Si](c1ccccc1)(c1ccccc1)C(C)(C)C. The number of aliphatic hydroxyl groups excluding tert-OH is 2. The van der Waals surface area contributed by atoms with Gasteiger partial charge in [-0.3, -0.25) is 0 Å². The molecule has 6 rings (SSSR count). The van der Waals surface area contributed by atoms with Gasteiger partial charge in [-0.25, -0.2) is 0 Å². The Kier molecular flexibility index (Phi) is 13.2. The van der Waals surface area contributed by atoms with E-state index in [1.807, 2.05) is 0 Å². The average molecular weight is 741 g/mol. The normalized spacial score (nSPS) is 24.0. The molecule has 0 aromatic heterocycles. The average Bonchev–Trinajstić information content (AvgIpc) is 3.63. The monoisotopic (exact) mass is 740 g/mol. The molecule has 6 nitrogen and oxygen atoms in total. The molecule has 6 atom stereocenters. The van der Waals surface area contributed by atoms with Gasteiger partial charge in [-0.15, -0.1) is 0 Å². The number of benzene rings is 4. The summed E-state index contributed by atoms with van der Waals surface area (Å²) in [5.41, 5.74) is 0. The van der Waals surface area contributed by atoms with Crippen LogP contribution in [0.4, 0.5) is 0 Å². The van der Waals surface area contributed by atoms with Crippen molar-refractivity contribution in [1.29, 1.82) is 0 Å². The molecule has 2 aliphatic rings. The summed E-state index contributed by atoms with van der Waals surface area (Å²) in [6.07, 6.45) is -0.113. The van der Waals surface area contributed by atoms with E-state index in [0.717, 1.165) is 0 Å². The van der Waals surface area contributed by atoms with Crippen LogP contribution in [-0.2, 0) is 18.3 Å². The summed E-state index contributed by atoms with van der Waals surface area (Å²) >= 11 is 0. The highest BCUT2D eigenvalue weighted by Gasteiger charge is 2.52. The summed E-state index contributed by atoms with van der Waals surface area (Å²) in [6, 6.07) is 42.5. The van der Waals surface area contributed by atoms with Crippen LogP contribution in [0.15, 0.2) is 121 Å². The Hall–Kier alpha value is -2.93. The van der Waals surface area contributed by atoms with Crippen LogP contribution in [0.1, 0.15) is 68.2 Å². The van der Waals surface area contributed by atoms with Crippen LogP contribution in [0.2, 0.25) is 10.1 Å². The Morgan fingerprint density at radius 1 is 0.500 bits per heavy atom. The van der Waals surface area contributed by atoms with E-state index in [-0.39, 0.29) is 22.3 Å². The molecule has 0 unspecified atom stereocenters. The summed E-state index contributed by atoms with van der Waals surface area (Å²) in [4.78, 5) is 0. The first-order valence-electron chi connectivity index (χ1n) is 18.9. The quantitative estimate of drug-likeness (QED) is 0.178. The highest BCUT2D eigenvalue weighted by Crippen LogP contribution is 2.39. The largest absolute Gasteiger partial charge is 0.405 e. The van der Waals surface area contributed by atoms with Crippen molar-refractivity contribution in [3.8, 4) is 0 Å². The Bertz CT molecular complexity index is 1440. The highest BCUT2D eigenvalue weighted by molar-refractivity contribution is 7.00. The van der Waals surface area contributed by atoms with Gasteiger partial charge >= 0.3 is 0 Å². The molecule has 2 fully saturated rings. The van der Waals surface area contributed by atoms with Crippen LogP contribution < -0.4 is 20.7 Å². The summed E-state index contributed by atoms with van der Waals surface area (Å²) in [7, 11) is -5.06. The summed E-state index contributed by atoms with van der Waals surface area (Å²) in [5, 5.41) is 24.6. The van der Waals surface area contributed by atoms with Gasteiger partial charge in [-0.1, -0.05) is 177 Å². The molecule has 2 aliphatic heterocycles. The predicted molar refractivity (Wildman–Crippen MR) is 216 cm³/mol. The number of hydrogen-bond donors (Lipinski definition) is 2. The zero-order valence-corrected chi connectivity index (χ0v) is 34.4. The van der Waals surface area contributed by atoms with Gasteiger partial charge in [-0.2, -0.15) is 0 Å². The fraction of sp³-hybridized carbons (Fsp3) is 0.455. The van der Waals surface area contributed by atoms with Crippen LogP contribution in [0.5, 0.6) is 0 Å². The zero-order valence-electron chi connectivity index (χ0n) is 32.4. The molecule has 0 bridgehead atoms. The molecule has 4 aromatic rings. The fourth-order valence-corrected chi connectivity index (χ4v) is 17.2. The van der Waals surface area contributed by atoms with Gasteiger partial charge in [0.15, 0.2) is 12.6 Å². The molecule has 0 saturated carbocycles. The molecule has 280 valence electrons. The first-order chi connectivity index (χ1) is 24.7. The number of ether oxygens (including phenoxy) is 2. The van der Waals surface area contributed by atoms with Crippen molar-refractivity contribution < 1.29 is 28.5 Å². The second-order valence-electron chi connectivity index (χ2n) is 16.6. The maximum atomic E-state index is 9.83. The molecule has 2 heterocycles. The zero-order chi connectivity index (χ0) is 37.6. The van der Waals surface area contributed by atoms with Gasteiger partial charge in [-0.05, 0) is 42.7 Å². The minimum absolute atomic E-state index is 0.0455. The molecule has 0 amide bonds. The van der Waals surface area contributed by atoms with E-state index in [4.69, 9.17) is 18.3 Å². The van der Waals surface area contributed by atoms with Crippen molar-refractivity contribution in [2.75, 3.05) is 13.2 Å². The molecule has 2 saturated heterocycles. The molecule has 2 N–H and O–H groups in total. The van der Waals surface area contributed by atoms with Crippen molar-refractivity contribution >= 4 is 37.4 Å². The number of aliphatic hydroxyl groups is 2. The molecule has 8 heteroatoms. The Labute approximate surface area is 314 Å². The van der Waals surface area contributed by atoms with Gasteiger partial charge in [0.25, 0.3) is 16.6 Å². The third-order valence-corrected chi connectivity index (χ3v) is 20.9. The van der Waals surface area contributed by atoms with E-state index in [1.165, 1.54) is 20.7 Å². The van der Waals surface area contributed by atoms with Crippen molar-refractivity contribution in [3.63, 3.8) is 0 Å². The van der Waals surface area contributed by atoms with E-state index >= 15 is 0 Å². The van der Waals surface area contributed by atoms with E-state index in [2.05, 4.69) is 177 Å².